The molecule has 3 N–H and O–H groups in total. The molecule has 0 aromatic carbocycles. The Kier molecular flexibility index (Phi) is 5.70. The molecule has 0 aromatic heterocycles. The van der Waals surface area contributed by atoms with Crippen molar-refractivity contribution in [1.29, 1.82) is 0 Å². The molecule has 2 rings (SSSR count). The van der Waals surface area contributed by atoms with E-state index in [2.05, 4.69) is 26.1 Å². The predicted molar refractivity (Wildman–Crippen MR) is 87.8 cm³/mol. The van der Waals surface area contributed by atoms with Gasteiger partial charge in [-0.15, -0.1) is 0 Å². The lowest BCUT2D eigenvalue weighted by molar-refractivity contribution is -0.132. The first-order valence-corrected chi connectivity index (χ1v) is 9.07. The molecule has 4 unspecified atom stereocenters. The SMILES string of the molecule is CCCC(CN)(CCC)C(=O)NC(C)C1CC2CCC1C2. The van der Waals surface area contributed by atoms with Gasteiger partial charge in [0.05, 0.1) is 5.41 Å². The first-order valence-electron chi connectivity index (χ1n) is 9.07. The van der Waals surface area contributed by atoms with E-state index in [0.29, 0.717) is 18.5 Å². The summed E-state index contributed by atoms with van der Waals surface area (Å²) in [6, 6.07) is 0.312. The van der Waals surface area contributed by atoms with E-state index in [1.165, 1.54) is 25.7 Å². The van der Waals surface area contributed by atoms with Crippen molar-refractivity contribution < 1.29 is 4.79 Å². The lowest BCUT2D eigenvalue weighted by atomic mass is 9.77. The average Bonchev–Trinajstić information content (AvgIpc) is 3.09. The van der Waals surface area contributed by atoms with Gasteiger partial charge in [0, 0.05) is 12.6 Å². The highest BCUT2D eigenvalue weighted by molar-refractivity contribution is 5.83. The van der Waals surface area contributed by atoms with E-state index in [4.69, 9.17) is 5.73 Å². The Morgan fingerprint density at radius 3 is 2.33 bits per heavy atom. The summed E-state index contributed by atoms with van der Waals surface area (Å²) in [5.74, 6) is 2.70. The summed E-state index contributed by atoms with van der Waals surface area (Å²) in [6.07, 6.45) is 9.38. The summed E-state index contributed by atoms with van der Waals surface area (Å²) in [7, 11) is 0. The van der Waals surface area contributed by atoms with Crippen LogP contribution < -0.4 is 11.1 Å². The Morgan fingerprint density at radius 2 is 1.90 bits per heavy atom. The maximum atomic E-state index is 12.9. The third kappa shape index (κ3) is 3.44. The Balaban J connectivity index is 1.97. The molecule has 2 aliphatic rings. The molecule has 1 amide bonds. The molecule has 2 saturated carbocycles. The normalized spacial score (nSPS) is 29.6. The minimum Gasteiger partial charge on any atom is -0.353 e. The third-order valence-corrected chi connectivity index (χ3v) is 6.12. The molecule has 2 bridgehead atoms. The lowest BCUT2D eigenvalue weighted by Gasteiger charge is -2.35. The number of amides is 1. The van der Waals surface area contributed by atoms with Crippen LogP contribution in [0.3, 0.4) is 0 Å². The summed E-state index contributed by atoms with van der Waals surface area (Å²) >= 11 is 0. The second kappa shape index (κ2) is 7.13. The van der Waals surface area contributed by atoms with E-state index < -0.39 is 0 Å². The monoisotopic (exact) mass is 294 g/mol. The van der Waals surface area contributed by atoms with Gasteiger partial charge in [0.2, 0.25) is 5.91 Å². The number of carbonyl (C=O) groups is 1. The highest BCUT2D eigenvalue weighted by atomic mass is 16.2. The zero-order chi connectivity index (χ0) is 15.5. The molecular weight excluding hydrogens is 260 g/mol. The van der Waals surface area contributed by atoms with Crippen LogP contribution >= 0.6 is 0 Å². The molecule has 0 saturated heterocycles. The topological polar surface area (TPSA) is 55.1 Å². The van der Waals surface area contributed by atoms with Crippen molar-refractivity contribution in [2.45, 2.75) is 78.2 Å². The van der Waals surface area contributed by atoms with Crippen molar-refractivity contribution in [2.24, 2.45) is 28.9 Å². The van der Waals surface area contributed by atoms with Crippen molar-refractivity contribution >= 4 is 5.91 Å². The Bertz CT molecular complexity index is 349. The van der Waals surface area contributed by atoms with Crippen LogP contribution in [0.2, 0.25) is 0 Å². The molecule has 3 nitrogen and oxygen atoms in total. The smallest absolute Gasteiger partial charge is 0.227 e. The zero-order valence-corrected chi connectivity index (χ0v) is 14.2. The van der Waals surface area contributed by atoms with E-state index in [0.717, 1.165) is 37.5 Å². The highest BCUT2D eigenvalue weighted by Gasteiger charge is 2.43. The lowest BCUT2D eigenvalue weighted by Crippen LogP contribution is -2.50. The van der Waals surface area contributed by atoms with Gasteiger partial charge < -0.3 is 11.1 Å². The zero-order valence-electron chi connectivity index (χ0n) is 14.2. The molecule has 0 aromatic rings. The number of hydrogen-bond donors (Lipinski definition) is 2. The molecule has 3 heteroatoms. The van der Waals surface area contributed by atoms with E-state index in [9.17, 15) is 4.79 Å². The molecule has 2 aliphatic carbocycles. The minimum atomic E-state index is -0.338. The van der Waals surface area contributed by atoms with E-state index >= 15 is 0 Å². The van der Waals surface area contributed by atoms with Crippen LogP contribution in [0.4, 0.5) is 0 Å². The van der Waals surface area contributed by atoms with Gasteiger partial charge in [-0.3, -0.25) is 4.79 Å². The summed E-state index contributed by atoms with van der Waals surface area (Å²) in [4.78, 5) is 12.9. The largest absolute Gasteiger partial charge is 0.353 e. The van der Waals surface area contributed by atoms with Crippen LogP contribution in [0.15, 0.2) is 0 Å². The van der Waals surface area contributed by atoms with Gasteiger partial charge in [-0.1, -0.05) is 33.1 Å². The number of carbonyl (C=O) groups excluding carboxylic acids is 1. The van der Waals surface area contributed by atoms with Gasteiger partial charge in [-0.25, -0.2) is 0 Å². The Labute approximate surface area is 130 Å². The molecule has 0 aliphatic heterocycles. The molecule has 0 spiro atoms. The van der Waals surface area contributed by atoms with Crippen molar-refractivity contribution in [3.8, 4) is 0 Å². The highest BCUT2D eigenvalue weighted by Crippen LogP contribution is 2.49. The fourth-order valence-electron chi connectivity index (χ4n) is 4.98. The fourth-order valence-corrected chi connectivity index (χ4v) is 4.98. The maximum Gasteiger partial charge on any atom is 0.227 e. The molecule has 4 atom stereocenters. The summed E-state index contributed by atoms with van der Waals surface area (Å²) in [5, 5.41) is 3.35. The molecule has 122 valence electrons. The number of hydrogen-bond acceptors (Lipinski definition) is 2. The van der Waals surface area contributed by atoms with Crippen LogP contribution in [0.1, 0.15) is 72.1 Å². The second-order valence-electron chi connectivity index (χ2n) is 7.59. The van der Waals surface area contributed by atoms with Gasteiger partial charge >= 0.3 is 0 Å². The van der Waals surface area contributed by atoms with Crippen LogP contribution in [0, 0.1) is 23.2 Å². The molecule has 0 heterocycles. The van der Waals surface area contributed by atoms with Crippen molar-refractivity contribution in [3.63, 3.8) is 0 Å². The predicted octanol–water partition coefficient (Wildman–Crippen LogP) is 3.47. The maximum absolute atomic E-state index is 12.9. The molecule has 2 fully saturated rings. The first-order chi connectivity index (χ1) is 10.1. The van der Waals surface area contributed by atoms with Crippen LogP contribution in [0.5, 0.6) is 0 Å². The first kappa shape index (κ1) is 16.8. The fraction of sp³-hybridized carbons (Fsp3) is 0.944. The standard InChI is InChI=1S/C18H34N2O/c1-4-8-18(12-19,9-5-2)17(21)20-13(3)16-11-14-6-7-15(16)10-14/h13-16H,4-12,19H2,1-3H3,(H,20,21). The van der Waals surface area contributed by atoms with E-state index in [1.807, 2.05) is 0 Å². The number of rotatable bonds is 8. The molecule has 0 radical (unpaired) electrons. The molecular formula is C18H34N2O. The minimum absolute atomic E-state index is 0.212. The van der Waals surface area contributed by atoms with Gasteiger partial charge in [-0.2, -0.15) is 0 Å². The summed E-state index contributed by atoms with van der Waals surface area (Å²) in [6.45, 7) is 6.98. The number of nitrogens with two attached hydrogens (primary N) is 1. The van der Waals surface area contributed by atoms with E-state index in [-0.39, 0.29) is 11.3 Å². The van der Waals surface area contributed by atoms with Crippen LogP contribution in [0.25, 0.3) is 0 Å². The Hall–Kier alpha value is -0.570. The molecule has 21 heavy (non-hydrogen) atoms. The Morgan fingerprint density at radius 1 is 1.24 bits per heavy atom. The van der Waals surface area contributed by atoms with E-state index in [1.54, 1.807) is 0 Å². The van der Waals surface area contributed by atoms with Crippen molar-refractivity contribution in [3.05, 3.63) is 0 Å². The number of nitrogens with one attached hydrogen (secondary N) is 1. The second-order valence-corrected chi connectivity index (χ2v) is 7.59. The van der Waals surface area contributed by atoms with Gasteiger partial charge in [-0.05, 0) is 56.8 Å². The third-order valence-electron chi connectivity index (χ3n) is 6.12. The van der Waals surface area contributed by atoms with Gasteiger partial charge in [0.25, 0.3) is 0 Å². The quantitative estimate of drug-likeness (QED) is 0.720. The van der Waals surface area contributed by atoms with Crippen molar-refractivity contribution in [2.75, 3.05) is 6.54 Å². The summed E-state index contributed by atoms with van der Waals surface area (Å²) in [5.41, 5.74) is 5.67. The number of fused-ring (bicyclic) bond motifs is 2. The average molecular weight is 294 g/mol. The van der Waals surface area contributed by atoms with Gasteiger partial charge in [0.15, 0.2) is 0 Å². The summed E-state index contributed by atoms with van der Waals surface area (Å²) < 4.78 is 0. The van der Waals surface area contributed by atoms with Crippen LogP contribution in [-0.2, 0) is 4.79 Å². The van der Waals surface area contributed by atoms with Gasteiger partial charge in [0.1, 0.15) is 0 Å². The van der Waals surface area contributed by atoms with Crippen LogP contribution in [-0.4, -0.2) is 18.5 Å². The van der Waals surface area contributed by atoms with Crippen molar-refractivity contribution in [1.82, 2.24) is 5.32 Å².